The maximum atomic E-state index is 10.5. The van der Waals surface area contributed by atoms with Gasteiger partial charge in [-0.1, -0.05) is 12.1 Å². The fourth-order valence-corrected chi connectivity index (χ4v) is 2.19. The highest BCUT2D eigenvalue weighted by molar-refractivity contribution is 5.42. The summed E-state index contributed by atoms with van der Waals surface area (Å²) < 4.78 is 15.6. The second-order valence-corrected chi connectivity index (χ2v) is 4.68. The van der Waals surface area contributed by atoms with Gasteiger partial charge < -0.3 is 19.3 Å². The van der Waals surface area contributed by atoms with Crippen molar-refractivity contribution in [1.29, 1.82) is 0 Å². The van der Waals surface area contributed by atoms with Crippen LogP contribution >= 0.6 is 0 Å². The minimum absolute atomic E-state index is 0.494. The van der Waals surface area contributed by atoms with Crippen molar-refractivity contribution in [2.75, 3.05) is 21.3 Å². The summed E-state index contributed by atoms with van der Waals surface area (Å²) in [5, 5.41) is 10.5. The zero-order valence-corrected chi connectivity index (χ0v) is 12.5. The van der Waals surface area contributed by atoms with Crippen molar-refractivity contribution in [3.63, 3.8) is 0 Å². The normalized spacial score (nSPS) is 11.8. The summed E-state index contributed by atoms with van der Waals surface area (Å²) in [4.78, 5) is 0. The van der Waals surface area contributed by atoms with Gasteiger partial charge in [0.15, 0.2) is 0 Å². The molecule has 0 heterocycles. The topological polar surface area (TPSA) is 47.9 Å². The van der Waals surface area contributed by atoms with Crippen LogP contribution in [0.25, 0.3) is 0 Å². The largest absolute Gasteiger partial charge is 0.497 e. The standard InChI is InChI=1S/C17H20O4/c1-19-13-6-4-12(5-7-13)10-16(18)15-11-14(20-2)8-9-17(15)21-3/h4-9,11,16,18H,10H2,1-3H3. The van der Waals surface area contributed by atoms with Crippen LogP contribution in [0, 0.1) is 0 Å². The lowest BCUT2D eigenvalue weighted by Crippen LogP contribution is -2.04. The molecule has 0 saturated heterocycles. The van der Waals surface area contributed by atoms with Gasteiger partial charge in [0.2, 0.25) is 0 Å². The van der Waals surface area contributed by atoms with Gasteiger partial charge in [0, 0.05) is 12.0 Å². The summed E-state index contributed by atoms with van der Waals surface area (Å²) >= 11 is 0. The van der Waals surface area contributed by atoms with E-state index in [9.17, 15) is 5.11 Å². The molecule has 2 aromatic carbocycles. The number of ether oxygens (including phenoxy) is 3. The van der Waals surface area contributed by atoms with E-state index in [-0.39, 0.29) is 0 Å². The van der Waals surface area contributed by atoms with Crippen LogP contribution in [0.1, 0.15) is 17.2 Å². The molecule has 0 aliphatic heterocycles. The minimum atomic E-state index is -0.663. The van der Waals surface area contributed by atoms with E-state index < -0.39 is 6.10 Å². The predicted molar refractivity (Wildman–Crippen MR) is 81.2 cm³/mol. The van der Waals surface area contributed by atoms with Gasteiger partial charge in [0.25, 0.3) is 0 Å². The van der Waals surface area contributed by atoms with Crippen LogP contribution in [0.3, 0.4) is 0 Å². The lowest BCUT2D eigenvalue weighted by Gasteiger charge is -2.16. The minimum Gasteiger partial charge on any atom is -0.497 e. The molecular weight excluding hydrogens is 268 g/mol. The molecule has 112 valence electrons. The lowest BCUT2D eigenvalue weighted by atomic mass is 10.0. The number of methoxy groups -OCH3 is 3. The molecule has 4 nitrogen and oxygen atoms in total. The van der Waals surface area contributed by atoms with Crippen LogP contribution < -0.4 is 14.2 Å². The Morgan fingerprint density at radius 1 is 0.857 bits per heavy atom. The predicted octanol–water partition coefficient (Wildman–Crippen LogP) is 2.99. The fraction of sp³-hybridized carbons (Fsp3) is 0.294. The second-order valence-electron chi connectivity index (χ2n) is 4.68. The van der Waals surface area contributed by atoms with E-state index in [1.165, 1.54) is 0 Å². The quantitative estimate of drug-likeness (QED) is 0.887. The van der Waals surface area contributed by atoms with Crippen LogP contribution in [-0.2, 0) is 6.42 Å². The molecule has 21 heavy (non-hydrogen) atoms. The second kappa shape index (κ2) is 6.99. The van der Waals surface area contributed by atoms with Gasteiger partial charge in [-0.25, -0.2) is 0 Å². The van der Waals surface area contributed by atoms with Crippen LogP contribution in [0.2, 0.25) is 0 Å². The van der Waals surface area contributed by atoms with E-state index in [4.69, 9.17) is 14.2 Å². The Morgan fingerprint density at radius 3 is 2.05 bits per heavy atom. The molecule has 1 N–H and O–H groups in total. The smallest absolute Gasteiger partial charge is 0.124 e. The molecule has 4 heteroatoms. The van der Waals surface area contributed by atoms with Crippen molar-refractivity contribution < 1.29 is 19.3 Å². The molecular formula is C17H20O4. The van der Waals surface area contributed by atoms with Gasteiger partial charge in [-0.2, -0.15) is 0 Å². The summed E-state index contributed by atoms with van der Waals surface area (Å²) in [5.41, 5.74) is 1.74. The highest BCUT2D eigenvalue weighted by Crippen LogP contribution is 2.31. The van der Waals surface area contributed by atoms with Gasteiger partial charge >= 0.3 is 0 Å². The molecule has 0 aromatic heterocycles. The number of rotatable bonds is 6. The average molecular weight is 288 g/mol. The Hall–Kier alpha value is -2.20. The Morgan fingerprint density at radius 2 is 1.48 bits per heavy atom. The first-order valence-electron chi connectivity index (χ1n) is 6.71. The van der Waals surface area contributed by atoms with Gasteiger partial charge in [0.1, 0.15) is 17.2 Å². The highest BCUT2D eigenvalue weighted by Gasteiger charge is 2.15. The molecule has 0 saturated carbocycles. The van der Waals surface area contributed by atoms with Crippen LogP contribution in [0.15, 0.2) is 42.5 Å². The molecule has 0 radical (unpaired) electrons. The summed E-state index contributed by atoms with van der Waals surface area (Å²) in [6.45, 7) is 0. The van der Waals surface area contributed by atoms with Crippen molar-refractivity contribution in [3.05, 3.63) is 53.6 Å². The summed E-state index contributed by atoms with van der Waals surface area (Å²) in [6, 6.07) is 13.0. The van der Waals surface area contributed by atoms with Crippen molar-refractivity contribution in [2.45, 2.75) is 12.5 Å². The summed E-state index contributed by atoms with van der Waals surface area (Å²) in [7, 11) is 4.82. The van der Waals surface area contributed by atoms with E-state index in [1.54, 1.807) is 33.5 Å². The Bertz CT molecular complexity index is 578. The molecule has 0 aliphatic rings. The number of benzene rings is 2. The first-order chi connectivity index (χ1) is 10.2. The maximum Gasteiger partial charge on any atom is 0.124 e. The number of aliphatic hydroxyl groups is 1. The number of hydrogen-bond acceptors (Lipinski definition) is 4. The molecule has 2 aromatic rings. The highest BCUT2D eigenvalue weighted by atomic mass is 16.5. The molecule has 0 amide bonds. The first-order valence-corrected chi connectivity index (χ1v) is 6.71. The summed E-state index contributed by atoms with van der Waals surface area (Å²) in [6.07, 6.45) is -0.170. The van der Waals surface area contributed by atoms with Gasteiger partial charge in [-0.05, 0) is 35.9 Å². The van der Waals surface area contributed by atoms with Crippen molar-refractivity contribution in [1.82, 2.24) is 0 Å². The van der Waals surface area contributed by atoms with E-state index in [2.05, 4.69) is 0 Å². The monoisotopic (exact) mass is 288 g/mol. The van der Waals surface area contributed by atoms with Crippen molar-refractivity contribution >= 4 is 0 Å². The molecule has 0 aliphatic carbocycles. The van der Waals surface area contributed by atoms with E-state index in [1.807, 2.05) is 30.3 Å². The third-order valence-corrected chi connectivity index (χ3v) is 3.38. The van der Waals surface area contributed by atoms with Crippen LogP contribution in [0.4, 0.5) is 0 Å². The zero-order valence-electron chi connectivity index (χ0n) is 12.5. The summed E-state index contributed by atoms with van der Waals surface area (Å²) in [5.74, 6) is 2.14. The first kappa shape index (κ1) is 15.2. The van der Waals surface area contributed by atoms with Crippen LogP contribution in [0.5, 0.6) is 17.2 Å². The van der Waals surface area contributed by atoms with Gasteiger partial charge in [-0.15, -0.1) is 0 Å². The third-order valence-electron chi connectivity index (χ3n) is 3.38. The van der Waals surface area contributed by atoms with E-state index >= 15 is 0 Å². The fourth-order valence-electron chi connectivity index (χ4n) is 2.19. The molecule has 0 bridgehead atoms. The third kappa shape index (κ3) is 3.67. The Labute approximate surface area is 124 Å². The molecule has 0 fully saturated rings. The molecule has 2 rings (SSSR count). The van der Waals surface area contributed by atoms with Crippen molar-refractivity contribution in [2.24, 2.45) is 0 Å². The van der Waals surface area contributed by atoms with Crippen molar-refractivity contribution in [3.8, 4) is 17.2 Å². The molecule has 1 unspecified atom stereocenters. The molecule has 0 spiro atoms. The van der Waals surface area contributed by atoms with E-state index in [0.29, 0.717) is 23.5 Å². The SMILES string of the molecule is COc1ccc(CC(O)c2cc(OC)ccc2OC)cc1. The van der Waals surface area contributed by atoms with Crippen LogP contribution in [-0.4, -0.2) is 26.4 Å². The number of aliphatic hydroxyl groups excluding tert-OH is 1. The van der Waals surface area contributed by atoms with E-state index in [0.717, 1.165) is 11.3 Å². The maximum absolute atomic E-state index is 10.5. The zero-order chi connectivity index (χ0) is 15.2. The average Bonchev–Trinajstić information content (AvgIpc) is 2.54. The Balaban J connectivity index is 2.20. The molecule has 1 atom stereocenters. The number of hydrogen-bond donors (Lipinski definition) is 1. The Kier molecular flexibility index (Phi) is 5.06. The van der Waals surface area contributed by atoms with Gasteiger partial charge in [0.05, 0.1) is 27.4 Å². The van der Waals surface area contributed by atoms with Gasteiger partial charge in [-0.3, -0.25) is 0 Å². The lowest BCUT2D eigenvalue weighted by molar-refractivity contribution is 0.173.